The van der Waals surface area contributed by atoms with E-state index in [9.17, 15) is 9.59 Å². The molecule has 0 aliphatic carbocycles. The first-order valence-corrected chi connectivity index (χ1v) is 9.75. The zero-order chi connectivity index (χ0) is 23.0. The Labute approximate surface area is 186 Å². The molecule has 0 amide bonds. The molecule has 166 valence electrons. The second-order valence-corrected chi connectivity index (χ2v) is 7.80. The van der Waals surface area contributed by atoms with E-state index in [2.05, 4.69) is 0 Å². The molecule has 0 saturated heterocycles. The zero-order valence-corrected chi connectivity index (χ0v) is 18.8. The summed E-state index contributed by atoms with van der Waals surface area (Å²) in [5.41, 5.74) is 0.0657. The second-order valence-electron chi connectivity index (χ2n) is 7.36. The molecule has 0 radical (unpaired) electrons. The fourth-order valence-corrected chi connectivity index (χ4v) is 2.69. The van der Waals surface area contributed by atoms with Gasteiger partial charge in [-0.05, 0) is 50.6 Å². The molecule has 0 N–H and O–H groups in total. The van der Waals surface area contributed by atoms with Gasteiger partial charge in [-0.1, -0.05) is 29.8 Å². The van der Waals surface area contributed by atoms with Crippen LogP contribution >= 0.6 is 11.6 Å². The smallest absolute Gasteiger partial charge is 0.377 e. The van der Waals surface area contributed by atoms with Crippen LogP contribution in [0.3, 0.4) is 0 Å². The van der Waals surface area contributed by atoms with Crippen LogP contribution in [0.1, 0.15) is 36.7 Å². The minimum absolute atomic E-state index is 0.0189. The van der Waals surface area contributed by atoms with E-state index in [0.29, 0.717) is 5.02 Å². The number of hydrogen-bond acceptors (Lipinski definition) is 7. The van der Waals surface area contributed by atoms with Crippen molar-refractivity contribution in [2.24, 2.45) is 0 Å². The molecular weight excluding hydrogens is 424 g/mol. The fraction of sp³-hybridized carbons (Fsp3) is 0.304. The fourth-order valence-electron chi connectivity index (χ4n) is 2.47. The van der Waals surface area contributed by atoms with Crippen LogP contribution < -0.4 is 9.47 Å². The first kappa shape index (κ1) is 24.1. The predicted octanol–water partition coefficient (Wildman–Crippen LogP) is 4.91. The molecule has 0 atom stereocenters. The van der Waals surface area contributed by atoms with Gasteiger partial charge in [0.25, 0.3) is 0 Å². The molecule has 2 aromatic rings. The summed E-state index contributed by atoms with van der Waals surface area (Å²) in [6.45, 7) is 5.38. The maximum atomic E-state index is 13.0. The van der Waals surface area contributed by atoms with Gasteiger partial charge >= 0.3 is 11.9 Å². The monoisotopic (exact) mass is 448 g/mol. The van der Waals surface area contributed by atoms with Crippen LogP contribution in [-0.4, -0.2) is 31.8 Å². The summed E-state index contributed by atoms with van der Waals surface area (Å²) in [5.74, 6) is -1.44. The van der Waals surface area contributed by atoms with E-state index in [-0.39, 0.29) is 29.4 Å². The van der Waals surface area contributed by atoms with Crippen LogP contribution in [0.5, 0.6) is 11.5 Å². The maximum absolute atomic E-state index is 13.0. The van der Waals surface area contributed by atoms with Gasteiger partial charge in [0.05, 0.1) is 14.2 Å². The lowest BCUT2D eigenvalue weighted by Crippen LogP contribution is -2.25. The third-order valence-electron chi connectivity index (χ3n) is 3.71. The molecule has 0 aliphatic heterocycles. The van der Waals surface area contributed by atoms with Gasteiger partial charge in [-0.3, -0.25) is 0 Å². The van der Waals surface area contributed by atoms with Crippen molar-refractivity contribution in [1.82, 2.24) is 0 Å². The molecule has 0 unspecified atom stereocenters. The molecule has 0 saturated carbocycles. The lowest BCUT2D eigenvalue weighted by atomic mass is 10.1. The average molecular weight is 449 g/mol. The van der Waals surface area contributed by atoms with Crippen molar-refractivity contribution in [3.05, 3.63) is 70.6 Å². The number of rotatable bonds is 8. The van der Waals surface area contributed by atoms with Crippen LogP contribution in [-0.2, 0) is 25.6 Å². The van der Waals surface area contributed by atoms with Crippen molar-refractivity contribution in [3.63, 3.8) is 0 Å². The molecule has 31 heavy (non-hydrogen) atoms. The number of carbonyl (C=O) groups is 2. The van der Waals surface area contributed by atoms with Gasteiger partial charge in [0.2, 0.25) is 5.76 Å². The highest BCUT2D eigenvalue weighted by Crippen LogP contribution is 2.33. The van der Waals surface area contributed by atoms with Crippen molar-refractivity contribution in [1.29, 1.82) is 0 Å². The highest BCUT2D eigenvalue weighted by molar-refractivity contribution is 6.30. The first-order valence-electron chi connectivity index (χ1n) is 9.37. The van der Waals surface area contributed by atoms with Crippen molar-refractivity contribution >= 4 is 23.5 Å². The van der Waals surface area contributed by atoms with E-state index in [1.54, 1.807) is 51.1 Å². The molecule has 0 fully saturated rings. The van der Waals surface area contributed by atoms with Gasteiger partial charge in [0.1, 0.15) is 35.5 Å². The standard InChI is InChI=1S/C23H25ClO7/c1-23(2,3)31-22(26)20-17(29-13-15-8-6-9-16(24)12-15)10-7-11-18(20)30-19(14-27-4)21(25)28-5/h6-12,14H,13H2,1-5H3. The summed E-state index contributed by atoms with van der Waals surface area (Å²) in [7, 11) is 2.56. The summed E-state index contributed by atoms with van der Waals surface area (Å²) in [4.78, 5) is 25.0. The van der Waals surface area contributed by atoms with E-state index in [4.69, 9.17) is 35.3 Å². The quantitative estimate of drug-likeness (QED) is 0.322. The molecule has 2 aromatic carbocycles. The van der Waals surface area contributed by atoms with Gasteiger partial charge in [0.15, 0.2) is 0 Å². The molecule has 0 spiro atoms. The van der Waals surface area contributed by atoms with Gasteiger partial charge in [-0.15, -0.1) is 0 Å². The highest BCUT2D eigenvalue weighted by atomic mass is 35.5. The van der Waals surface area contributed by atoms with Crippen molar-refractivity contribution in [2.75, 3.05) is 14.2 Å². The Morgan fingerprint density at radius 2 is 1.71 bits per heavy atom. The average Bonchev–Trinajstić information content (AvgIpc) is 2.70. The minimum Gasteiger partial charge on any atom is -0.500 e. The molecule has 7 nitrogen and oxygen atoms in total. The number of esters is 2. The Hall–Kier alpha value is -3.19. The number of methoxy groups -OCH3 is 2. The van der Waals surface area contributed by atoms with Crippen LogP contribution in [0.4, 0.5) is 0 Å². The summed E-state index contributed by atoms with van der Waals surface area (Å²) >= 11 is 6.03. The Kier molecular flexibility index (Phi) is 8.33. The molecule has 0 aromatic heterocycles. The second kappa shape index (κ2) is 10.7. The number of hydrogen-bond donors (Lipinski definition) is 0. The third kappa shape index (κ3) is 7.22. The van der Waals surface area contributed by atoms with E-state index in [1.165, 1.54) is 20.3 Å². The number of ether oxygens (including phenoxy) is 5. The van der Waals surface area contributed by atoms with Crippen molar-refractivity contribution in [3.8, 4) is 11.5 Å². The third-order valence-corrected chi connectivity index (χ3v) is 3.94. The topological polar surface area (TPSA) is 80.3 Å². The van der Waals surface area contributed by atoms with E-state index < -0.39 is 17.5 Å². The maximum Gasteiger partial charge on any atom is 0.377 e. The van der Waals surface area contributed by atoms with Crippen LogP contribution in [0, 0.1) is 0 Å². The molecule has 0 heterocycles. The largest absolute Gasteiger partial charge is 0.500 e. The van der Waals surface area contributed by atoms with Crippen LogP contribution in [0.25, 0.3) is 0 Å². The Morgan fingerprint density at radius 3 is 2.32 bits per heavy atom. The Balaban J connectivity index is 2.44. The lowest BCUT2D eigenvalue weighted by molar-refractivity contribution is -0.138. The summed E-state index contributed by atoms with van der Waals surface area (Å²) in [6, 6.07) is 11.9. The van der Waals surface area contributed by atoms with Crippen LogP contribution in [0.15, 0.2) is 54.5 Å². The number of benzene rings is 2. The molecule has 0 aliphatic rings. The van der Waals surface area contributed by atoms with Gasteiger partial charge in [0, 0.05) is 5.02 Å². The SMILES string of the molecule is COC=C(Oc1cccc(OCc2cccc(Cl)c2)c1C(=O)OC(C)(C)C)C(=O)OC. The molecule has 8 heteroatoms. The molecule has 2 rings (SSSR count). The molecular formula is C23H25ClO7. The minimum atomic E-state index is -0.776. The van der Waals surface area contributed by atoms with Crippen molar-refractivity contribution in [2.45, 2.75) is 33.0 Å². The first-order chi connectivity index (χ1) is 14.6. The lowest BCUT2D eigenvalue weighted by Gasteiger charge is -2.22. The highest BCUT2D eigenvalue weighted by Gasteiger charge is 2.27. The number of halogens is 1. The number of carbonyl (C=O) groups excluding carboxylic acids is 2. The predicted molar refractivity (Wildman–Crippen MR) is 115 cm³/mol. The summed E-state index contributed by atoms with van der Waals surface area (Å²) in [5, 5.41) is 0.568. The van der Waals surface area contributed by atoms with Gasteiger partial charge in [-0.25, -0.2) is 9.59 Å². The van der Waals surface area contributed by atoms with Crippen molar-refractivity contribution < 1.29 is 33.3 Å². The van der Waals surface area contributed by atoms with Crippen LogP contribution in [0.2, 0.25) is 5.02 Å². The Morgan fingerprint density at radius 1 is 1.03 bits per heavy atom. The summed E-state index contributed by atoms with van der Waals surface area (Å²) in [6.07, 6.45) is 1.07. The van der Waals surface area contributed by atoms with Gasteiger partial charge in [-0.2, -0.15) is 0 Å². The van der Waals surface area contributed by atoms with E-state index in [1.807, 2.05) is 6.07 Å². The molecule has 0 bridgehead atoms. The van der Waals surface area contributed by atoms with Gasteiger partial charge < -0.3 is 23.7 Å². The normalized spacial score (nSPS) is 11.5. The summed E-state index contributed by atoms with van der Waals surface area (Å²) < 4.78 is 26.6. The Bertz CT molecular complexity index is 961. The van der Waals surface area contributed by atoms with E-state index in [0.717, 1.165) is 11.8 Å². The zero-order valence-electron chi connectivity index (χ0n) is 18.1. The van der Waals surface area contributed by atoms with E-state index >= 15 is 0 Å².